The Labute approximate surface area is 99.2 Å². The van der Waals surface area contributed by atoms with Gasteiger partial charge in [0.1, 0.15) is 12.0 Å². The van der Waals surface area contributed by atoms with Crippen LogP contribution in [0.1, 0.15) is 24.1 Å². The largest absolute Gasteiger partial charge is 0.463 e. The molecule has 0 atom stereocenters. The van der Waals surface area contributed by atoms with Crippen molar-refractivity contribution >= 4 is 6.29 Å². The lowest BCUT2D eigenvalue weighted by Gasteiger charge is -2.13. The Hall–Kier alpha value is -1.84. The van der Waals surface area contributed by atoms with Crippen molar-refractivity contribution in [3.63, 3.8) is 0 Å². The van der Waals surface area contributed by atoms with Crippen LogP contribution in [-0.2, 0) is 24.2 Å². The molecular weight excluding hydrogens is 216 g/mol. The highest BCUT2D eigenvalue weighted by Crippen LogP contribution is 2.29. The number of hydrogen-bond acceptors (Lipinski definition) is 3. The molecule has 0 bridgehead atoms. The van der Waals surface area contributed by atoms with Gasteiger partial charge in [-0.3, -0.25) is 4.68 Å². The number of aromatic nitrogens is 2. The first-order valence-electron chi connectivity index (χ1n) is 5.96. The van der Waals surface area contributed by atoms with Crippen LogP contribution in [0.15, 0.2) is 22.8 Å². The molecule has 1 aliphatic rings. The van der Waals surface area contributed by atoms with Gasteiger partial charge in [-0.15, -0.1) is 0 Å². The van der Waals surface area contributed by atoms with Gasteiger partial charge in [0.25, 0.3) is 0 Å². The molecule has 3 heterocycles. The summed E-state index contributed by atoms with van der Waals surface area (Å²) in [5.41, 5.74) is 3.07. The van der Waals surface area contributed by atoms with Crippen molar-refractivity contribution in [3.8, 4) is 11.5 Å². The van der Waals surface area contributed by atoms with E-state index in [2.05, 4.69) is 5.10 Å². The van der Waals surface area contributed by atoms with Gasteiger partial charge in [0.05, 0.1) is 6.26 Å². The summed E-state index contributed by atoms with van der Waals surface area (Å²) in [5, 5.41) is 4.58. The lowest BCUT2D eigenvalue weighted by atomic mass is 10.0. The van der Waals surface area contributed by atoms with Crippen LogP contribution in [0.25, 0.3) is 11.5 Å². The highest BCUT2D eigenvalue weighted by atomic mass is 16.3. The molecule has 3 rings (SSSR count). The number of rotatable bonds is 3. The molecular formula is C13H14N2O2. The summed E-state index contributed by atoms with van der Waals surface area (Å²) in [6.45, 7) is 0.946. The summed E-state index contributed by atoms with van der Waals surface area (Å²) in [5.74, 6) is 0.753. The lowest BCUT2D eigenvalue weighted by Crippen LogP contribution is -2.12. The average molecular weight is 230 g/mol. The SMILES string of the molecule is O=CCc1c(-c2ccco2)nn2c1CCCC2. The number of fused-ring (bicyclic) bond motifs is 1. The molecule has 0 unspecified atom stereocenters. The van der Waals surface area contributed by atoms with E-state index in [1.807, 2.05) is 16.8 Å². The molecule has 0 amide bonds. The van der Waals surface area contributed by atoms with Crippen LogP contribution < -0.4 is 0 Å². The van der Waals surface area contributed by atoms with E-state index in [4.69, 9.17) is 4.42 Å². The second-order valence-electron chi connectivity index (χ2n) is 4.30. The fraction of sp³-hybridized carbons (Fsp3) is 0.385. The Balaban J connectivity index is 2.13. The third-order valence-electron chi connectivity index (χ3n) is 3.24. The normalized spacial score (nSPS) is 14.6. The van der Waals surface area contributed by atoms with Crippen LogP contribution in [0.3, 0.4) is 0 Å². The van der Waals surface area contributed by atoms with Crippen LogP contribution >= 0.6 is 0 Å². The van der Waals surface area contributed by atoms with Gasteiger partial charge in [0, 0.05) is 24.2 Å². The van der Waals surface area contributed by atoms with Gasteiger partial charge >= 0.3 is 0 Å². The lowest BCUT2D eigenvalue weighted by molar-refractivity contribution is -0.107. The fourth-order valence-corrected chi connectivity index (χ4v) is 2.46. The van der Waals surface area contributed by atoms with E-state index < -0.39 is 0 Å². The highest BCUT2D eigenvalue weighted by molar-refractivity contribution is 5.66. The number of aldehydes is 1. The summed E-state index contributed by atoms with van der Waals surface area (Å²) in [6, 6.07) is 3.74. The zero-order valence-electron chi connectivity index (χ0n) is 9.56. The van der Waals surface area contributed by atoms with Crippen LogP contribution in [0, 0.1) is 0 Å². The quantitative estimate of drug-likeness (QED) is 0.759. The summed E-state index contributed by atoms with van der Waals surface area (Å²) < 4.78 is 7.42. The molecule has 0 N–H and O–H groups in total. The van der Waals surface area contributed by atoms with Crippen molar-refractivity contribution in [3.05, 3.63) is 29.7 Å². The van der Waals surface area contributed by atoms with E-state index in [0.717, 1.165) is 42.7 Å². The van der Waals surface area contributed by atoms with Gasteiger partial charge in [-0.25, -0.2) is 0 Å². The molecule has 1 aliphatic heterocycles. The smallest absolute Gasteiger partial charge is 0.154 e. The van der Waals surface area contributed by atoms with Crippen molar-refractivity contribution in [2.75, 3.05) is 0 Å². The first-order valence-corrected chi connectivity index (χ1v) is 5.96. The number of hydrogen-bond donors (Lipinski definition) is 0. The van der Waals surface area contributed by atoms with Crippen LogP contribution in [0.2, 0.25) is 0 Å². The average Bonchev–Trinajstić information content (AvgIpc) is 2.97. The molecule has 88 valence electrons. The molecule has 0 spiro atoms. The predicted octanol–water partition coefficient (Wildman–Crippen LogP) is 2.22. The van der Waals surface area contributed by atoms with Gasteiger partial charge in [0.15, 0.2) is 5.76 Å². The van der Waals surface area contributed by atoms with Gasteiger partial charge in [-0.1, -0.05) is 0 Å². The monoisotopic (exact) mass is 230 g/mol. The molecule has 2 aromatic heterocycles. The van der Waals surface area contributed by atoms with E-state index in [-0.39, 0.29) is 0 Å². The summed E-state index contributed by atoms with van der Waals surface area (Å²) >= 11 is 0. The van der Waals surface area contributed by atoms with E-state index in [9.17, 15) is 4.79 Å². The van der Waals surface area contributed by atoms with Crippen LogP contribution in [0.4, 0.5) is 0 Å². The Bertz CT molecular complexity index is 526. The van der Waals surface area contributed by atoms with Crippen molar-refractivity contribution in [2.45, 2.75) is 32.2 Å². The molecule has 0 aliphatic carbocycles. The summed E-state index contributed by atoms with van der Waals surface area (Å²) in [7, 11) is 0. The number of furan rings is 1. The molecule has 4 nitrogen and oxygen atoms in total. The molecule has 0 aromatic carbocycles. The van der Waals surface area contributed by atoms with Gasteiger partial charge in [0.2, 0.25) is 0 Å². The molecule has 17 heavy (non-hydrogen) atoms. The number of carbonyl (C=O) groups excluding carboxylic acids is 1. The Morgan fingerprint density at radius 1 is 1.47 bits per heavy atom. The summed E-state index contributed by atoms with van der Waals surface area (Å²) in [6.07, 6.45) is 6.35. The molecule has 0 saturated heterocycles. The zero-order valence-corrected chi connectivity index (χ0v) is 9.56. The van der Waals surface area contributed by atoms with E-state index in [1.54, 1.807) is 6.26 Å². The third kappa shape index (κ3) is 1.69. The first-order chi connectivity index (χ1) is 8.40. The van der Waals surface area contributed by atoms with Gasteiger partial charge in [-0.05, 0) is 31.4 Å². The van der Waals surface area contributed by atoms with E-state index in [1.165, 1.54) is 12.1 Å². The number of nitrogens with zero attached hydrogens (tertiary/aromatic N) is 2. The topological polar surface area (TPSA) is 48.0 Å². The molecule has 2 aromatic rings. The first kappa shape index (κ1) is 10.3. The standard InChI is InChI=1S/C13H14N2O2/c16-8-6-10-11-4-1-2-7-15(11)14-13(10)12-5-3-9-17-12/h3,5,8-9H,1-2,4,6-7H2. The summed E-state index contributed by atoms with van der Waals surface area (Å²) in [4.78, 5) is 10.8. The number of aryl methyl sites for hydroxylation is 1. The zero-order chi connectivity index (χ0) is 11.7. The second-order valence-corrected chi connectivity index (χ2v) is 4.30. The fourth-order valence-electron chi connectivity index (χ4n) is 2.46. The molecule has 0 fully saturated rings. The van der Waals surface area contributed by atoms with E-state index >= 15 is 0 Å². The van der Waals surface area contributed by atoms with Crippen LogP contribution in [-0.4, -0.2) is 16.1 Å². The van der Waals surface area contributed by atoms with Crippen molar-refractivity contribution in [1.29, 1.82) is 0 Å². The van der Waals surface area contributed by atoms with Crippen molar-refractivity contribution in [2.24, 2.45) is 0 Å². The van der Waals surface area contributed by atoms with Gasteiger partial charge < -0.3 is 9.21 Å². The highest BCUT2D eigenvalue weighted by Gasteiger charge is 2.21. The minimum atomic E-state index is 0.422. The molecule has 4 heteroatoms. The predicted molar refractivity (Wildman–Crippen MR) is 62.6 cm³/mol. The maximum atomic E-state index is 10.8. The minimum absolute atomic E-state index is 0.422. The maximum absolute atomic E-state index is 10.8. The Morgan fingerprint density at radius 2 is 2.41 bits per heavy atom. The van der Waals surface area contributed by atoms with Gasteiger partial charge in [-0.2, -0.15) is 5.10 Å². The molecule has 0 radical (unpaired) electrons. The third-order valence-corrected chi connectivity index (χ3v) is 3.24. The maximum Gasteiger partial charge on any atom is 0.154 e. The van der Waals surface area contributed by atoms with Crippen LogP contribution in [0.5, 0.6) is 0 Å². The molecule has 0 saturated carbocycles. The van der Waals surface area contributed by atoms with Crippen molar-refractivity contribution < 1.29 is 9.21 Å². The van der Waals surface area contributed by atoms with Crippen molar-refractivity contribution in [1.82, 2.24) is 9.78 Å². The Kier molecular flexibility index (Phi) is 2.55. The Morgan fingerprint density at radius 3 is 3.18 bits per heavy atom. The van der Waals surface area contributed by atoms with E-state index in [0.29, 0.717) is 6.42 Å². The number of carbonyl (C=O) groups is 1. The minimum Gasteiger partial charge on any atom is -0.463 e. The second kappa shape index (κ2) is 4.20.